The summed E-state index contributed by atoms with van der Waals surface area (Å²) in [5, 5.41) is 0. The lowest BCUT2D eigenvalue weighted by Gasteiger charge is -2.17. The van der Waals surface area contributed by atoms with Crippen molar-refractivity contribution in [3.63, 3.8) is 0 Å². The number of hydrogen-bond donors (Lipinski definition) is 0. The number of allylic oxidation sites excluding steroid dienone is 4. The molecule has 0 atom stereocenters. The molecule has 0 amide bonds. The summed E-state index contributed by atoms with van der Waals surface area (Å²) in [6.45, 7) is 5.60. The Morgan fingerprint density at radius 1 is 1.00 bits per heavy atom. The van der Waals surface area contributed by atoms with Gasteiger partial charge in [0.25, 0.3) is 0 Å². The van der Waals surface area contributed by atoms with Gasteiger partial charge in [-0.05, 0) is 12.2 Å². The van der Waals surface area contributed by atoms with Crippen LogP contribution in [0.2, 0.25) is 0 Å². The van der Waals surface area contributed by atoms with Gasteiger partial charge in [-0.15, -0.1) is 0 Å². The Morgan fingerprint density at radius 2 is 1.46 bits per heavy atom. The maximum atomic E-state index is 5.47. The summed E-state index contributed by atoms with van der Waals surface area (Å²) >= 11 is 0. The smallest absolute Gasteiger partial charge is 0.161 e. The van der Waals surface area contributed by atoms with Crippen LogP contribution in [0.1, 0.15) is 13.8 Å². The van der Waals surface area contributed by atoms with Crippen molar-refractivity contribution < 1.29 is 9.47 Å². The van der Waals surface area contributed by atoms with Crippen molar-refractivity contribution >= 4 is 0 Å². The van der Waals surface area contributed by atoms with Crippen molar-refractivity contribution in [2.75, 3.05) is 13.2 Å². The lowest BCUT2D eigenvalue weighted by Crippen LogP contribution is -2.11. The van der Waals surface area contributed by atoms with Crippen molar-refractivity contribution in [2.24, 2.45) is 5.41 Å². The highest BCUT2D eigenvalue weighted by Crippen LogP contribution is 2.27. The molecule has 0 aromatic carbocycles. The van der Waals surface area contributed by atoms with Crippen LogP contribution in [0, 0.1) is 5.41 Å². The Kier molecular flexibility index (Phi) is 1.91. The predicted octanol–water partition coefficient (Wildman–Crippen LogP) is 2.40. The molecular formula is C11H14O2. The van der Waals surface area contributed by atoms with E-state index in [1.165, 1.54) is 0 Å². The van der Waals surface area contributed by atoms with Crippen molar-refractivity contribution in [1.82, 2.24) is 0 Å². The van der Waals surface area contributed by atoms with Crippen LogP contribution in [0.5, 0.6) is 0 Å². The van der Waals surface area contributed by atoms with Gasteiger partial charge in [-0.2, -0.15) is 0 Å². The SMILES string of the molecule is CC1(C)C=CC2=C(C=C1)OCCO2. The molecule has 1 heterocycles. The summed E-state index contributed by atoms with van der Waals surface area (Å²) in [6.07, 6.45) is 8.24. The summed E-state index contributed by atoms with van der Waals surface area (Å²) in [5.74, 6) is 1.71. The minimum Gasteiger partial charge on any atom is -0.486 e. The molecule has 2 nitrogen and oxygen atoms in total. The molecule has 2 heteroatoms. The molecule has 1 aliphatic carbocycles. The van der Waals surface area contributed by atoms with Crippen molar-refractivity contribution in [1.29, 1.82) is 0 Å². The van der Waals surface area contributed by atoms with E-state index < -0.39 is 0 Å². The maximum absolute atomic E-state index is 5.47. The Labute approximate surface area is 78.5 Å². The lowest BCUT2D eigenvalue weighted by molar-refractivity contribution is 0.0771. The topological polar surface area (TPSA) is 18.5 Å². The fourth-order valence-electron chi connectivity index (χ4n) is 1.34. The largest absolute Gasteiger partial charge is 0.486 e. The van der Waals surface area contributed by atoms with Gasteiger partial charge in [-0.1, -0.05) is 26.0 Å². The molecule has 0 radical (unpaired) electrons. The van der Waals surface area contributed by atoms with Crippen LogP contribution < -0.4 is 0 Å². The van der Waals surface area contributed by atoms with Gasteiger partial charge in [0.05, 0.1) is 0 Å². The van der Waals surface area contributed by atoms with Gasteiger partial charge in [-0.25, -0.2) is 0 Å². The monoisotopic (exact) mass is 178 g/mol. The fourth-order valence-corrected chi connectivity index (χ4v) is 1.34. The quantitative estimate of drug-likeness (QED) is 0.567. The van der Waals surface area contributed by atoms with Gasteiger partial charge in [0, 0.05) is 5.41 Å². The zero-order valence-electron chi connectivity index (χ0n) is 8.04. The molecule has 13 heavy (non-hydrogen) atoms. The number of hydrogen-bond acceptors (Lipinski definition) is 2. The second-order valence-electron chi connectivity index (χ2n) is 3.91. The highest BCUT2D eigenvalue weighted by atomic mass is 16.6. The maximum Gasteiger partial charge on any atom is 0.161 e. The van der Waals surface area contributed by atoms with Crippen molar-refractivity contribution in [2.45, 2.75) is 13.8 Å². The molecule has 0 saturated heterocycles. The second kappa shape index (κ2) is 2.95. The molecule has 0 saturated carbocycles. The fraction of sp³-hybridized carbons (Fsp3) is 0.455. The van der Waals surface area contributed by atoms with Crippen LogP contribution in [-0.4, -0.2) is 13.2 Å². The van der Waals surface area contributed by atoms with Crippen LogP contribution in [0.15, 0.2) is 35.8 Å². The first-order valence-corrected chi connectivity index (χ1v) is 4.56. The van der Waals surface area contributed by atoms with Crippen LogP contribution in [0.25, 0.3) is 0 Å². The van der Waals surface area contributed by atoms with E-state index in [4.69, 9.17) is 9.47 Å². The van der Waals surface area contributed by atoms with Gasteiger partial charge in [0.15, 0.2) is 11.5 Å². The van der Waals surface area contributed by atoms with Crippen LogP contribution in [0.4, 0.5) is 0 Å². The first-order chi connectivity index (χ1) is 6.17. The van der Waals surface area contributed by atoms with E-state index in [0.29, 0.717) is 13.2 Å². The molecule has 2 aliphatic rings. The minimum absolute atomic E-state index is 0.0874. The molecule has 0 bridgehead atoms. The van der Waals surface area contributed by atoms with Gasteiger partial charge in [0.2, 0.25) is 0 Å². The third kappa shape index (κ3) is 1.77. The summed E-state index contributed by atoms with van der Waals surface area (Å²) in [7, 11) is 0. The van der Waals surface area contributed by atoms with Gasteiger partial charge in [-0.3, -0.25) is 0 Å². The molecule has 0 aromatic rings. The zero-order chi connectivity index (χ0) is 9.31. The van der Waals surface area contributed by atoms with E-state index >= 15 is 0 Å². The Hall–Kier alpha value is -1.18. The first-order valence-electron chi connectivity index (χ1n) is 4.56. The third-order valence-electron chi connectivity index (χ3n) is 2.17. The van der Waals surface area contributed by atoms with Crippen LogP contribution in [-0.2, 0) is 9.47 Å². The Morgan fingerprint density at radius 3 is 1.92 bits per heavy atom. The number of ether oxygens (including phenoxy) is 2. The highest BCUT2D eigenvalue weighted by Gasteiger charge is 2.17. The molecule has 0 N–H and O–H groups in total. The van der Waals surface area contributed by atoms with Gasteiger partial charge in [0.1, 0.15) is 13.2 Å². The van der Waals surface area contributed by atoms with E-state index in [1.807, 2.05) is 12.2 Å². The van der Waals surface area contributed by atoms with E-state index in [9.17, 15) is 0 Å². The van der Waals surface area contributed by atoms with Gasteiger partial charge < -0.3 is 9.47 Å². The Bertz CT molecular complexity index is 267. The first kappa shape index (κ1) is 8.42. The highest BCUT2D eigenvalue weighted by molar-refractivity contribution is 5.32. The normalized spacial score (nSPS) is 24.5. The third-order valence-corrected chi connectivity index (χ3v) is 2.17. The molecule has 70 valence electrons. The zero-order valence-corrected chi connectivity index (χ0v) is 8.04. The average Bonchev–Trinajstić information content (AvgIpc) is 2.27. The van der Waals surface area contributed by atoms with Crippen LogP contribution in [0.3, 0.4) is 0 Å². The molecular weight excluding hydrogens is 164 g/mol. The Balaban J connectivity index is 2.32. The standard InChI is InChI=1S/C11H14O2/c1-11(2)5-3-9-10(4-6-11)13-8-7-12-9/h3-6H,7-8H2,1-2H3. The molecule has 0 spiro atoms. The van der Waals surface area contributed by atoms with Crippen molar-refractivity contribution in [3.05, 3.63) is 35.8 Å². The average molecular weight is 178 g/mol. The molecule has 1 aliphatic heterocycles. The predicted molar refractivity (Wildman–Crippen MR) is 51.0 cm³/mol. The van der Waals surface area contributed by atoms with Crippen LogP contribution >= 0.6 is 0 Å². The lowest BCUT2D eigenvalue weighted by atomic mass is 9.93. The molecule has 0 fully saturated rings. The molecule has 0 aromatic heterocycles. The second-order valence-corrected chi connectivity index (χ2v) is 3.91. The van der Waals surface area contributed by atoms with E-state index in [2.05, 4.69) is 26.0 Å². The van der Waals surface area contributed by atoms with Crippen molar-refractivity contribution in [3.8, 4) is 0 Å². The molecule has 2 rings (SSSR count). The molecule has 0 unspecified atom stereocenters. The van der Waals surface area contributed by atoms with Gasteiger partial charge >= 0.3 is 0 Å². The number of rotatable bonds is 0. The summed E-state index contributed by atoms with van der Waals surface area (Å²) in [6, 6.07) is 0. The summed E-state index contributed by atoms with van der Waals surface area (Å²) in [4.78, 5) is 0. The summed E-state index contributed by atoms with van der Waals surface area (Å²) < 4.78 is 10.9. The summed E-state index contributed by atoms with van der Waals surface area (Å²) in [5.41, 5.74) is 0.0874. The van der Waals surface area contributed by atoms with E-state index in [-0.39, 0.29) is 5.41 Å². The van der Waals surface area contributed by atoms with E-state index in [1.54, 1.807) is 0 Å². The minimum atomic E-state index is 0.0874. The van der Waals surface area contributed by atoms with E-state index in [0.717, 1.165) is 11.5 Å².